The van der Waals surface area contributed by atoms with Crippen LogP contribution in [0, 0.1) is 7.14 Å². The average molecular weight is 558 g/mol. The minimum Gasteiger partial charge on any atom is -0.279 e. The standard InChI is InChI=1S/C12H10I2.CHF3O3S/c13-14(11-7-3-1-4-8-11)12-9-5-2-6-10-12;2-1(3,4)8(5,6)7/h1-10H;(H,5,6,7). The third-order valence-electron chi connectivity index (χ3n) is 2.14. The largest absolute Gasteiger partial charge is 0.522 e. The Bertz CT molecular complexity index is 637. The smallest absolute Gasteiger partial charge is 0.279 e. The topological polar surface area (TPSA) is 54.4 Å². The molecule has 0 aliphatic heterocycles. The maximum Gasteiger partial charge on any atom is 0.522 e. The van der Waals surface area contributed by atoms with Gasteiger partial charge in [0.25, 0.3) is 0 Å². The van der Waals surface area contributed by atoms with Crippen molar-refractivity contribution in [2.45, 2.75) is 5.51 Å². The third-order valence-corrected chi connectivity index (χ3v) is 12.7. The zero-order valence-corrected chi connectivity index (χ0v) is 16.0. The fourth-order valence-corrected chi connectivity index (χ4v) is 7.64. The molecule has 0 aliphatic carbocycles. The molecule has 22 heavy (non-hydrogen) atoms. The van der Waals surface area contributed by atoms with E-state index in [9.17, 15) is 13.2 Å². The first-order valence-electron chi connectivity index (χ1n) is 5.63. The zero-order valence-electron chi connectivity index (χ0n) is 10.8. The van der Waals surface area contributed by atoms with Crippen LogP contribution in [0.1, 0.15) is 0 Å². The Labute approximate surface area is 143 Å². The first-order chi connectivity index (χ1) is 10.1. The van der Waals surface area contributed by atoms with Crippen LogP contribution < -0.4 is 0 Å². The maximum absolute atomic E-state index is 10.7. The van der Waals surface area contributed by atoms with Gasteiger partial charge in [0.05, 0.1) is 0 Å². The first kappa shape index (κ1) is 19.6. The van der Waals surface area contributed by atoms with E-state index in [4.69, 9.17) is 13.0 Å². The molecule has 0 saturated carbocycles. The van der Waals surface area contributed by atoms with Crippen molar-refractivity contribution in [3.63, 3.8) is 0 Å². The summed E-state index contributed by atoms with van der Waals surface area (Å²) in [5.41, 5.74) is -5.53. The minimum absolute atomic E-state index is 1.13. The number of hydrogen-bond donors (Lipinski definition) is 1. The molecule has 0 bridgehead atoms. The molecule has 0 spiro atoms. The molecular weight excluding hydrogens is 547 g/mol. The van der Waals surface area contributed by atoms with Crippen LogP contribution in [0.5, 0.6) is 0 Å². The Hall–Kier alpha value is -0.400. The van der Waals surface area contributed by atoms with Gasteiger partial charge in [0.15, 0.2) is 0 Å². The third kappa shape index (κ3) is 6.38. The maximum atomic E-state index is 10.7. The fourth-order valence-electron chi connectivity index (χ4n) is 1.18. The van der Waals surface area contributed by atoms with Gasteiger partial charge in [-0.25, -0.2) is 0 Å². The van der Waals surface area contributed by atoms with Crippen LogP contribution >= 0.6 is 34.5 Å². The van der Waals surface area contributed by atoms with Gasteiger partial charge >= 0.3 is 118 Å². The molecule has 2 aromatic carbocycles. The van der Waals surface area contributed by atoms with Crippen LogP contribution in [-0.4, -0.2) is 18.5 Å². The molecule has 0 saturated heterocycles. The SMILES string of the molecule is II(c1ccccc1)c1ccccc1.O=S(=O)(O)C(F)(F)F. The van der Waals surface area contributed by atoms with Gasteiger partial charge in [0.1, 0.15) is 0 Å². The molecule has 1 N–H and O–H groups in total. The van der Waals surface area contributed by atoms with Crippen LogP contribution in [-0.2, 0) is 10.1 Å². The van der Waals surface area contributed by atoms with Gasteiger partial charge in [-0.05, 0) is 0 Å². The van der Waals surface area contributed by atoms with E-state index in [1.807, 2.05) is 0 Å². The number of rotatable bonds is 2. The number of halogens is 5. The van der Waals surface area contributed by atoms with E-state index in [0.29, 0.717) is 0 Å². The summed E-state index contributed by atoms with van der Waals surface area (Å²) in [6.45, 7) is 0. The minimum atomic E-state index is -5.84. The second kappa shape index (κ2) is 8.45. The predicted molar refractivity (Wildman–Crippen MR) is 95.9 cm³/mol. The summed E-state index contributed by atoms with van der Waals surface area (Å²) in [5, 5.41) is 0. The summed E-state index contributed by atoms with van der Waals surface area (Å²) in [5.74, 6) is 0. The van der Waals surface area contributed by atoms with Crippen molar-refractivity contribution in [3.05, 3.63) is 67.8 Å². The second-order valence-corrected chi connectivity index (χ2v) is 14.5. The number of benzene rings is 2. The van der Waals surface area contributed by atoms with E-state index in [-0.39, 0.29) is 0 Å². The van der Waals surface area contributed by atoms with Gasteiger partial charge in [0.2, 0.25) is 0 Å². The quantitative estimate of drug-likeness (QED) is 0.322. The zero-order chi connectivity index (χ0) is 16.8. The van der Waals surface area contributed by atoms with Gasteiger partial charge < -0.3 is 0 Å². The normalized spacial score (nSPS) is 12.1. The van der Waals surface area contributed by atoms with Crippen molar-refractivity contribution in [1.82, 2.24) is 0 Å². The van der Waals surface area contributed by atoms with Crippen molar-refractivity contribution >= 4 is 44.6 Å². The summed E-state index contributed by atoms with van der Waals surface area (Å²) in [7, 11) is -5.84. The molecule has 3 nitrogen and oxygen atoms in total. The van der Waals surface area contributed by atoms with E-state index < -0.39 is 31.5 Å². The molecule has 0 aromatic heterocycles. The van der Waals surface area contributed by atoms with E-state index in [1.54, 1.807) is 0 Å². The Morgan fingerprint density at radius 1 is 0.864 bits per heavy atom. The van der Waals surface area contributed by atoms with Gasteiger partial charge in [-0.15, -0.1) is 0 Å². The molecule has 0 aliphatic rings. The predicted octanol–water partition coefficient (Wildman–Crippen LogP) is 4.98. The molecule has 0 atom stereocenters. The number of hydrogen-bond acceptors (Lipinski definition) is 2. The molecular formula is C13H11F3I2O3S. The Morgan fingerprint density at radius 2 is 1.14 bits per heavy atom. The van der Waals surface area contributed by atoms with Crippen molar-refractivity contribution in [1.29, 1.82) is 0 Å². The van der Waals surface area contributed by atoms with Crippen LogP contribution in [0.15, 0.2) is 60.7 Å². The van der Waals surface area contributed by atoms with Crippen molar-refractivity contribution in [2.24, 2.45) is 0 Å². The van der Waals surface area contributed by atoms with Gasteiger partial charge in [0, 0.05) is 0 Å². The summed E-state index contributed by atoms with van der Waals surface area (Å²) in [4.78, 5) is 0. The van der Waals surface area contributed by atoms with E-state index >= 15 is 0 Å². The van der Waals surface area contributed by atoms with E-state index in [0.717, 1.165) is 0 Å². The summed E-state index contributed by atoms with van der Waals surface area (Å²) >= 11 is 1.50. The van der Waals surface area contributed by atoms with E-state index in [2.05, 4.69) is 79.3 Å². The van der Waals surface area contributed by atoms with Crippen molar-refractivity contribution < 1.29 is 26.1 Å². The molecule has 0 unspecified atom stereocenters. The molecule has 0 heterocycles. The molecule has 0 fully saturated rings. The van der Waals surface area contributed by atoms with Crippen LogP contribution in [0.3, 0.4) is 0 Å². The number of alkyl halides is 3. The Kier molecular flexibility index (Phi) is 7.55. The van der Waals surface area contributed by atoms with Crippen molar-refractivity contribution in [3.8, 4) is 0 Å². The first-order valence-corrected chi connectivity index (χ1v) is 15.5. The molecule has 9 heteroatoms. The molecule has 0 radical (unpaired) electrons. The van der Waals surface area contributed by atoms with Crippen LogP contribution in [0.4, 0.5) is 13.2 Å². The Balaban J connectivity index is 0.000000261. The molecule has 2 aromatic rings. The summed E-state index contributed by atoms with van der Waals surface area (Å²) < 4.78 is 60.6. The molecule has 2 rings (SSSR count). The molecule has 122 valence electrons. The van der Waals surface area contributed by atoms with E-state index in [1.165, 1.54) is 7.14 Å². The van der Waals surface area contributed by atoms with Crippen molar-refractivity contribution in [2.75, 3.05) is 0 Å². The van der Waals surface area contributed by atoms with Gasteiger partial charge in [-0.3, -0.25) is 4.55 Å². The fraction of sp³-hybridized carbons (Fsp3) is 0.0769. The van der Waals surface area contributed by atoms with Gasteiger partial charge in [-0.1, -0.05) is 0 Å². The monoisotopic (exact) mass is 558 g/mol. The Morgan fingerprint density at radius 3 is 1.36 bits per heavy atom. The van der Waals surface area contributed by atoms with Crippen LogP contribution in [0.25, 0.3) is 0 Å². The van der Waals surface area contributed by atoms with Crippen LogP contribution in [0.2, 0.25) is 0 Å². The summed E-state index contributed by atoms with van der Waals surface area (Å²) in [6.07, 6.45) is 0. The average Bonchev–Trinajstić information content (AvgIpc) is 2.47. The van der Waals surface area contributed by atoms with Gasteiger partial charge in [-0.2, -0.15) is 21.6 Å². The summed E-state index contributed by atoms with van der Waals surface area (Å²) in [6, 6.07) is 21.6. The second-order valence-electron chi connectivity index (χ2n) is 3.75. The molecule has 0 amide bonds.